The molecule has 0 N–H and O–H groups in total. The number of nitriles is 1. The molecule has 0 heterocycles. The van der Waals surface area contributed by atoms with Crippen molar-refractivity contribution >= 4 is 0 Å². The normalized spacial score (nSPS) is 9.20. The van der Waals surface area contributed by atoms with Crippen molar-refractivity contribution in [2.75, 3.05) is 0 Å². The van der Waals surface area contributed by atoms with E-state index in [1.165, 1.54) is 0 Å². The quantitative estimate of drug-likeness (QED) is 0.422. The lowest BCUT2D eigenvalue weighted by Gasteiger charge is -1.80. The van der Waals surface area contributed by atoms with Gasteiger partial charge >= 0.3 is 0 Å². The van der Waals surface area contributed by atoms with Gasteiger partial charge in [0, 0.05) is 0 Å². The molecule has 1 atom stereocenters. The summed E-state index contributed by atoms with van der Waals surface area (Å²) in [6.07, 6.45) is 4.89. The Kier molecular flexibility index (Phi) is 12.2. The highest BCUT2D eigenvalue weighted by Gasteiger charge is 1.83. The maximum atomic E-state index is 8.01. The van der Waals surface area contributed by atoms with Crippen LogP contribution in [-0.4, -0.2) is 0 Å². The zero-order valence-corrected chi connectivity index (χ0v) is 6.38. The standard InChI is InChI=1S/C5H7N.C4H6/c1-3-5(2)4-6;1-3-4-2/h3,5H,1H2,2H3;3-4H,1-2H2. The third kappa shape index (κ3) is 15.9. The van der Waals surface area contributed by atoms with Crippen molar-refractivity contribution < 1.29 is 0 Å². The molecule has 0 aliphatic heterocycles. The fourth-order valence-electron chi connectivity index (χ4n) is 0.0527. The second kappa shape index (κ2) is 10.6. The summed E-state index contributed by atoms with van der Waals surface area (Å²) in [4.78, 5) is 0. The highest BCUT2D eigenvalue weighted by atomic mass is 14.2. The Morgan fingerprint density at radius 3 is 1.70 bits per heavy atom. The van der Waals surface area contributed by atoms with E-state index in [4.69, 9.17) is 5.26 Å². The largest absolute Gasteiger partial charge is 0.198 e. The van der Waals surface area contributed by atoms with Crippen molar-refractivity contribution in [2.45, 2.75) is 6.92 Å². The summed E-state index contributed by atoms with van der Waals surface area (Å²) in [7, 11) is 0. The lowest BCUT2D eigenvalue weighted by Crippen LogP contribution is -1.76. The van der Waals surface area contributed by atoms with Gasteiger partial charge in [0.25, 0.3) is 0 Å². The zero-order chi connectivity index (χ0) is 8.41. The van der Waals surface area contributed by atoms with E-state index < -0.39 is 0 Å². The van der Waals surface area contributed by atoms with Crippen molar-refractivity contribution in [3.05, 3.63) is 38.0 Å². The van der Waals surface area contributed by atoms with E-state index in [-0.39, 0.29) is 5.92 Å². The molecule has 0 radical (unpaired) electrons. The predicted molar refractivity (Wildman–Crippen MR) is 45.4 cm³/mol. The van der Waals surface area contributed by atoms with Crippen LogP contribution in [0, 0.1) is 17.2 Å². The minimum absolute atomic E-state index is 0.00463. The van der Waals surface area contributed by atoms with Crippen LogP contribution in [0.1, 0.15) is 6.92 Å². The number of rotatable bonds is 2. The Bertz CT molecular complexity index is 133. The fraction of sp³-hybridized carbons (Fsp3) is 0.222. The molecule has 54 valence electrons. The Balaban J connectivity index is 0. The summed E-state index contributed by atoms with van der Waals surface area (Å²) in [5.41, 5.74) is 0. The molecular formula is C9H13N. The van der Waals surface area contributed by atoms with Gasteiger partial charge in [0.15, 0.2) is 0 Å². The average Bonchev–Trinajstić information content (AvgIpc) is 2.03. The van der Waals surface area contributed by atoms with Gasteiger partial charge in [-0.25, -0.2) is 0 Å². The van der Waals surface area contributed by atoms with E-state index in [1.54, 1.807) is 25.2 Å². The zero-order valence-electron chi connectivity index (χ0n) is 6.38. The molecule has 1 heteroatoms. The maximum absolute atomic E-state index is 8.01. The molecule has 0 aliphatic carbocycles. The van der Waals surface area contributed by atoms with Crippen LogP contribution in [0.5, 0.6) is 0 Å². The van der Waals surface area contributed by atoms with Crippen molar-refractivity contribution in [3.63, 3.8) is 0 Å². The van der Waals surface area contributed by atoms with Gasteiger partial charge in [-0.3, -0.25) is 0 Å². The first kappa shape index (κ1) is 11.5. The SMILES string of the molecule is C=CC(C)C#N.C=CC=C. The van der Waals surface area contributed by atoms with Crippen LogP contribution in [0.2, 0.25) is 0 Å². The molecule has 0 aliphatic rings. The van der Waals surface area contributed by atoms with Crippen LogP contribution in [0.25, 0.3) is 0 Å². The first-order valence-corrected chi connectivity index (χ1v) is 2.98. The van der Waals surface area contributed by atoms with Crippen LogP contribution in [0.4, 0.5) is 0 Å². The second-order valence-corrected chi connectivity index (χ2v) is 1.62. The third-order valence-electron chi connectivity index (χ3n) is 0.724. The minimum atomic E-state index is 0.00463. The van der Waals surface area contributed by atoms with Crippen molar-refractivity contribution in [3.8, 4) is 6.07 Å². The monoisotopic (exact) mass is 135 g/mol. The first-order chi connectivity index (χ1) is 4.72. The average molecular weight is 135 g/mol. The van der Waals surface area contributed by atoms with Crippen molar-refractivity contribution in [1.29, 1.82) is 5.26 Å². The molecule has 0 rings (SSSR count). The summed E-state index contributed by atoms with van der Waals surface area (Å²) in [6, 6.07) is 2.00. The van der Waals surface area contributed by atoms with Gasteiger partial charge in [0.2, 0.25) is 0 Å². The molecule has 0 spiro atoms. The number of hydrogen-bond donors (Lipinski definition) is 0. The third-order valence-corrected chi connectivity index (χ3v) is 0.724. The van der Waals surface area contributed by atoms with E-state index in [2.05, 4.69) is 19.7 Å². The molecule has 0 fully saturated rings. The van der Waals surface area contributed by atoms with Crippen LogP contribution in [-0.2, 0) is 0 Å². The fourth-order valence-corrected chi connectivity index (χ4v) is 0.0527. The van der Waals surface area contributed by atoms with Crippen LogP contribution in [0.15, 0.2) is 38.0 Å². The summed E-state index contributed by atoms with van der Waals surface area (Å²) in [5, 5.41) is 8.01. The molecule has 0 aromatic heterocycles. The van der Waals surface area contributed by atoms with E-state index >= 15 is 0 Å². The minimum Gasteiger partial charge on any atom is -0.198 e. The van der Waals surface area contributed by atoms with Gasteiger partial charge in [0.1, 0.15) is 0 Å². The van der Waals surface area contributed by atoms with Gasteiger partial charge < -0.3 is 0 Å². The summed E-state index contributed by atoms with van der Waals surface area (Å²) in [6.45, 7) is 11.9. The topological polar surface area (TPSA) is 23.8 Å². The van der Waals surface area contributed by atoms with E-state index in [9.17, 15) is 0 Å². The van der Waals surface area contributed by atoms with Gasteiger partial charge in [-0.1, -0.05) is 31.4 Å². The molecule has 0 aromatic rings. The van der Waals surface area contributed by atoms with Crippen LogP contribution >= 0.6 is 0 Å². The van der Waals surface area contributed by atoms with Crippen LogP contribution in [0.3, 0.4) is 0 Å². The molecular weight excluding hydrogens is 122 g/mol. The van der Waals surface area contributed by atoms with Crippen molar-refractivity contribution in [2.24, 2.45) is 5.92 Å². The summed E-state index contributed by atoms with van der Waals surface area (Å²) >= 11 is 0. The van der Waals surface area contributed by atoms with Gasteiger partial charge in [-0.15, -0.1) is 6.58 Å². The maximum Gasteiger partial charge on any atom is 0.0694 e. The Hall–Kier alpha value is -1.29. The van der Waals surface area contributed by atoms with E-state index in [0.29, 0.717) is 0 Å². The molecule has 10 heavy (non-hydrogen) atoms. The highest BCUT2D eigenvalue weighted by Crippen LogP contribution is 1.87. The number of nitrogens with zero attached hydrogens (tertiary/aromatic N) is 1. The van der Waals surface area contributed by atoms with Gasteiger partial charge in [-0.2, -0.15) is 5.26 Å². The molecule has 0 aromatic carbocycles. The molecule has 1 nitrogen and oxygen atoms in total. The van der Waals surface area contributed by atoms with Crippen LogP contribution < -0.4 is 0 Å². The lowest BCUT2D eigenvalue weighted by molar-refractivity contribution is 0.960. The summed E-state index contributed by atoms with van der Waals surface area (Å²) in [5.74, 6) is 0.00463. The Morgan fingerprint density at radius 2 is 1.70 bits per heavy atom. The van der Waals surface area contributed by atoms with Crippen molar-refractivity contribution in [1.82, 2.24) is 0 Å². The first-order valence-electron chi connectivity index (χ1n) is 2.98. The number of hydrogen-bond acceptors (Lipinski definition) is 1. The smallest absolute Gasteiger partial charge is 0.0694 e. The second-order valence-electron chi connectivity index (χ2n) is 1.62. The van der Waals surface area contributed by atoms with Gasteiger partial charge in [-0.05, 0) is 6.92 Å². The molecule has 0 saturated carbocycles. The Labute approximate surface area is 63.0 Å². The van der Waals surface area contributed by atoms with E-state index in [0.717, 1.165) is 0 Å². The lowest BCUT2D eigenvalue weighted by atomic mass is 10.2. The molecule has 0 saturated heterocycles. The molecule has 0 amide bonds. The molecule has 1 unspecified atom stereocenters. The number of allylic oxidation sites excluding steroid dienone is 3. The molecule has 0 bridgehead atoms. The van der Waals surface area contributed by atoms with E-state index in [1.807, 2.05) is 6.07 Å². The van der Waals surface area contributed by atoms with Gasteiger partial charge in [0.05, 0.1) is 12.0 Å². The highest BCUT2D eigenvalue weighted by molar-refractivity contribution is 4.91. The predicted octanol–water partition coefficient (Wildman–Crippen LogP) is 2.69. The Morgan fingerprint density at radius 1 is 1.30 bits per heavy atom. The summed E-state index contributed by atoms with van der Waals surface area (Å²) < 4.78 is 0.